The Morgan fingerprint density at radius 3 is 2.38 bits per heavy atom. The molecule has 7 heteroatoms. The average Bonchev–Trinajstić information content (AvgIpc) is 3.34. The van der Waals surface area contributed by atoms with Gasteiger partial charge in [-0.25, -0.2) is 4.98 Å². The van der Waals surface area contributed by atoms with Crippen LogP contribution in [0.2, 0.25) is 0 Å². The summed E-state index contributed by atoms with van der Waals surface area (Å²) in [5, 5.41) is 0.310. The largest absolute Gasteiger partial charge is 0.450 e. The van der Waals surface area contributed by atoms with Crippen LogP contribution < -0.4 is 15.2 Å². The summed E-state index contributed by atoms with van der Waals surface area (Å²) in [6.07, 6.45) is 1.59. The van der Waals surface area contributed by atoms with Crippen molar-refractivity contribution in [3.05, 3.63) is 135 Å². The van der Waals surface area contributed by atoms with Crippen molar-refractivity contribution >= 4 is 34.3 Å². The normalized spacial score (nSPS) is 17.8. The molecule has 2 amide bonds. The molecule has 7 rings (SSSR count). The summed E-state index contributed by atoms with van der Waals surface area (Å²) >= 11 is 0. The second-order valence-corrected chi connectivity index (χ2v) is 10.1. The number of aromatic nitrogens is 1. The van der Waals surface area contributed by atoms with Gasteiger partial charge in [-0.2, -0.15) is 0 Å². The van der Waals surface area contributed by atoms with E-state index >= 15 is 0 Å². The number of fused-ring (bicyclic) bond motifs is 5. The predicted octanol–water partition coefficient (Wildman–Crippen LogP) is 5.26. The fourth-order valence-corrected chi connectivity index (χ4v) is 5.83. The van der Waals surface area contributed by atoms with Crippen LogP contribution in [-0.4, -0.2) is 16.8 Å². The van der Waals surface area contributed by atoms with E-state index in [0.29, 0.717) is 22.2 Å². The van der Waals surface area contributed by atoms with Gasteiger partial charge in [-0.1, -0.05) is 60.2 Å². The summed E-state index contributed by atoms with van der Waals surface area (Å²) in [5.41, 5.74) is 2.22. The van der Waals surface area contributed by atoms with E-state index in [1.807, 2.05) is 68.4 Å². The van der Waals surface area contributed by atoms with Crippen molar-refractivity contribution in [1.29, 1.82) is 0 Å². The van der Waals surface area contributed by atoms with Crippen LogP contribution in [0.15, 0.2) is 100 Å². The Kier molecular flexibility index (Phi) is 4.88. The first-order chi connectivity index (χ1) is 18.9. The fourth-order valence-electron chi connectivity index (χ4n) is 5.83. The van der Waals surface area contributed by atoms with Crippen LogP contribution in [0.1, 0.15) is 38.4 Å². The number of hydrogen-bond acceptors (Lipinski definition) is 5. The van der Waals surface area contributed by atoms with Crippen molar-refractivity contribution in [3.8, 4) is 0 Å². The van der Waals surface area contributed by atoms with E-state index in [4.69, 9.17) is 4.42 Å². The molecular formula is C32H23N3O4. The second-order valence-electron chi connectivity index (χ2n) is 10.1. The average molecular weight is 514 g/mol. The molecule has 0 radical (unpaired) electrons. The first-order valence-electron chi connectivity index (χ1n) is 12.7. The standard InChI is InChI=1S/C32H23N3O4/c1-19-11-13-21(14-12-19)18-34-24-9-5-4-8-23(24)32(31(34)38)27-28(36)22-7-3-6-10-25(22)39-29(27)30(37)35(32)26-17-20(2)15-16-33-26/h3-17H,18H2,1-2H3. The number of aryl methyl sites for hydroxylation is 2. The molecule has 1 unspecified atom stereocenters. The Hall–Kier alpha value is -5.04. The minimum absolute atomic E-state index is 0.0263. The van der Waals surface area contributed by atoms with Crippen LogP contribution in [-0.2, 0) is 16.9 Å². The third-order valence-electron chi connectivity index (χ3n) is 7.62. The van der Waals surface area contributed by atoms with E-state index in [2.05, 4.69) is 4.98 Å². The van der Waals surface area contributed by atoms with Gasteiger partial charge in [-0.05, 0) is 55.3 Å². The van der Waals surface area contributed by atoms with Gasteiger partial charge in [0.05, 0.1) is 23.2 Å². The van der Waals surface area contributed by atoms with E-state index in [0.717, 1.165) is 16.7 Å². The minimum atomic E-state index is -1.76. The van der Waals surface area contributed by atoms with E-state index in [9.17, 15) is 14.4 Å². The molecule has 0 bridgehead atoms. The lowest BCUT2D eigenvalue weighted by Crippen LogP contribution is -2.54. The highest BCUT2D eigenvalue weighted by atomic mass is 16.3. The molecule has 1 atom stereocenters. The summed E-state index contributed by atoms with van der Waals surface area (Å²) in [7, 11) is 0. The Bertz CT molecular complexity index is 1890. The van der Waals surface area contributed by atoms with Gasteiger partial charge < -0.3 is 9.32 Å². The first kappa shape index (κ1) is 23.1. The Balaban J connectivity index is 1.56. The smallest absolute Gasteiger partial charge is 0.297 e. The number of pyridine rings is 1. The first-order valence-corrected chi connectivity index (χ1v) is 12.7. The van der Waals surface area contributed by atoms with E-state index < -0.39 is 22.8 Å². The molecular weight excluding hydrogens is 490 g/mol. The number of rotatable bonds is 3. The topological polar surface area (TPSA) is 83.7 Å². The molecule has 0 fully saturated rings. The van der Waals surface area contributed by atoms with Crippen molar-refractivity contribution in [2.24, 2.45) is 0 Å². The summed E-state index contributed by atoms with van der Waals surface area (Å²) in [4.78, 5) is 50.7. The third-order valence-corrected chi connectivity index (χ3v) is 7.62. The van der Waals surface area contributed by atoms with Crippen molar-refractivity contribution in [2.45, 2.75) is 25.9 Å². The maximum absolute atomic E-state index is 14.8. The van der Waals surface area contributed by atoms with Gasteiger partial charge >= 0.3 is 0 Å². The van der Waals surface area contributed by atoms with E-state index in [1.165, 1.54) is 4.90 Å². The summed E-state index contributed by atoms with van der Waals surface area (Å²) in [6.45, 7) is 4.17. The lowest BCUT2D eigenvalue weighted by atomic mass is 9.84. The summed E-state index contributed by atoms with van der Waals surface area (Å²) in [5.74, 6) is -0.842. The zero-order valence-corrected chi connectivity index (χ0v) is 21.3. The molecule has 2 aromatic heterocycles. The molecule has 190 valence electrons. The van der Waals surface area contributed by atoms with Crippen LogP contribution >= 0.6 is 0 Å². The van der Waals surface area contributed by atoms with Gasteiger partial charge in [0, 0.05) is 11.8 Å². The molecule has 39 heavy (non-hydrogen) atoms. The third kappa shape index (κ3) is 3.10. The molecule has 0 N–H and O–H groups in total. The van der Waals surface area contributed by atoms with Crippen molar-refractivity contribution in [3.63, 3.8) is 0 Å². The second kappa shape index (κ2) is 8.23. The summed E-state index contributed by atoms with van der Waals surface area (Å²) < 4.78 is 6.11. The highest BCUT2D eigenvalue weighted by Gasteiger charge is 2.66. The molecule has 7 nitrogen and oxygen atoms in total. The molecule has 0 saturated carbocycles. The molecule has 2 aliphatic rings. The van der Waals surface area contributed by atoms with Gasteiger partial charge in [-0.15, -0.1) is 0 Å². The van der Waals surface area contributed by atoms with Gasteiger partial charge in [0.2, 0.25) is 5.76 Å². The number of amides is 2. The number of carbonyl (C=O) groups excluding carboxylic acids is 2. The van der Waals surface area contributed by atoms with Gasteiger partial charge in [0.15, 0.2) is 11.0 Å². The lowest BCUT2D eigenvalue weighted by molar-refractivity contribution is -0.121. The highest BCUT2D eigenvalue weighted by molar-refractivity contribution is 6.24. The monoisotopic (exact) mass is 513 g/mol. The molecule has 5 aromatic rings. The van der Waals surface area contributed by atoms with E-state index in [1.54, 1.807) is 41.4 Å². The number of para-hydroxylation sites is 2. The Morgan fingerprint density at radius 1 is 0.846 bits per heavy atom. The quantitative estimate of drug-likeness (QED) is 0.329. The van der Waals surface area contributed by atoms with Crippen LogP contribution in [0, 0.1) is 13.8 Å². The van der Waals surface area contributed by atoms with Gasteiger partial charge in [0.25, 0.3) is 11.8 Å². The maximum Gasteiger partial charge on any atom is 0.297 e. The minimum Gasteiger partial charge on any atom is -0.450 e. The van der Waals surface area contributed by atoms with Crippen molar-refractivity contribution in [1.82, 2.24) is 4.98 Å². The maximum atomic E-state index is 14.8. The fraction of sp³-hybridized carbons (Fsp3) is 0.125. The van der Waals surface area contributed by atoms with Crippen molar-refractivity contribution in [2.75, 3.05) is 9.80 Å². The van der Waals surface area contributed by atoms with Crippen LogP contribution in [0.25, 0.3) is 11.0 Å². The van der Waals surface area contributed by atoms with Crippen molar-refractivity contribution < 1.29 is 14.0 Å². The number of benzene rings is 3. The van der Waals surface area contributed by atoms with Gasteiger partial charge in [-0.3, -0.25) is 19.3 Å². The van der Waals surface area contributed by atoms with Crippen LogP contribution in [0.4, 0.5) is 11.5 Å². The zero-order chi connectivity index (χ0) is 26.9. The summed E-state index contributed by atoms with van der Waals surface area (Å²) in [6, 6.07) is 25.6. The molecule has 0 aliphatic carbocycles. The molecule has 3 aromatic carbocycles. The van der Waals surface area contributed by atoms with Crippen LogP contribution in [0.3, 0.4) is 0 Å². The zero-order valence-electron chi connectivity index (χ0n) is 21.3. The SMILES string of the molecule is Cc1ccc(CN2C(=O)C3(c4ccccc42)c2c(oc4ccccc4c2=O)C(=O)N3c2cc(C)ccn2)cc1. The predicted molar refractivity (Wildman–Crippen MR) is 148 cm³/mol. The van der Waals surface area contributed by atoms with Gasteiger partial charge in [0.1, 0.15) is 11.4 Å². The van der Waals surface area contributed by atoms with Crippen LogP contribution in [0.5, 0.6) is 0 Å². The Morgan fingerprint density at radius 2 is 1.59 bits per heavy atom. The molecule has 4 heterocycles. The lowest BCUT2D eigenvalue weighted by Gasteiger charge is -2.33. The highest BCUT2D eigenvalue weighted by Crippen LogP contribution is 2.54. The molecule has 2 aliphatic heterocycles. The number of nitrogens with zero attached hydrogens (tertiary/aromatic N) is 3. The number of anilines is 2. The Labute approximate surface area is 223 Å². The number of hydrogen-bond donors (Lipinski definition) is 0. The molecule has 0 saturated heterocycles. The van der Waals surface area contributed by atoms with E-state index in [-0.39, 0.29) is 23.7 Å². The molecule has 1 spiro atoms. The number of carbonyl (C=O) groups is 2.